The maximum absolute atomic E-state index is 10.7. The molecule has 0 saturated carbocycles. The van der Waals surface area contributed by atoms with Gasteiger partial charge in [0.2, 0.25) is 0 Å². The van der Waals surface area contributed by atoms with Gasteiger partial charge in [-0.15, -0.1) is 11.3 Å². The quantitative estimate of drug-likeness (QED) is 0.591. The van der Waals surface area contributed by atoms with Crippen LogP contribution in [0.4, 0.5) is 0 Å². The normalized spacial score (nSPS) is 11.3. The van der Waals surface area contributed by atoms with Crippen molar-refractivity contribution >= 4 is 29.2 Å². The fourth-order valence-electron chi connectivity index (χ4n) is 0.899. The van der Waals surface area contributed by atoms with Crippen LogP contribution in [0.1, 0.15) is 10.4 Å². The first-order valence-electron chi connectivity index (χ1n) is 3.59. The molecule has 0 aromatic carbocycles. The van der Waals surface area contributed by atoms with Crippen molar-refractivity contribution in [3.05, 3.63) is 28.0 Å². The summed E-state index contributed by atoms with van der Waals surface area (Å²) in [5.74, 6) is -1.08. The van der Waals surface area contributed by atoms with Gasteiger partial charge in [0.25, 0.3) is 0 Å². The third-order valence-corrected chi connectivity index (χ3v) is 2.54. The second-order valence-corrected chi connectivity index (χ2v) is 3.42. The van der Waals surface area contributed by atoms with Gasteiger partial charge in [-0.05, 0) is 30.0 Å². The average Bonchev–Trinajstić information content (AvgIpc) is 2.46. The number of rotatable bonds is 3. The van der Waals surface area contributed by atoms with Crippen molar-refractivity contribution in [1.82, 2.24) is 0 Å². The number of carboxylic acids is 1. The van der Waals surface area contributed by atoms with Crippen LogP contribution in [0, 0.1) is 6.92 Å². The fourth-order valence-corrected chi connectivity index (χ4v) is 1.82. The first-order chi connectivity index (χ1) is 6.15. The Kier molecular flexibility index (Phi) is 2.97. The van der Waals surface area contributed by atoms with Crippen LogP contribution in [0.2, 0.25) is 0 Å². The number of thiophene rings is 1. The summed E-state index contributed by atoms with van der Waals surface area (Å²) >= 11 is 1.32. The molecule has 0 bridgehead atoms. The molecule has 1 rings (SSSR count). The van der Waals surface area contributed by atoms with E-state index in [2.05, 4.69) is 0 Å². The van der Waals surface area contributed by atoms with E-state index >= 15 is 0 Å². The van der Waals surface area contributed by atoms with Gasteiger partial charge in [-0.1, -0.05) is 0 Å². The van der Waals surface area contributed by atoms with Crippen molar-refractivity contribution < 1.29 is 14.7 Å². The molecule has 13 heavy (non-hydrogen) atoms. The smallest absolute Gasteiger partial charge is 0.337 e. The Labute approximate surface area is 79.3 Å². The first kappa shape index (κ1) is 9.67. The summed E-state index contributed by atoms with van der Waals surface area (Å²) in [5, 5.41) is 10.6. The standard InChI is InChI=1S/C9H8O3S/c1-6-4-8(13-5-6)7(2-3-10)9(11)12/h2-5H,1H3,(H,11,12). The van der Waals surface area contributed by atoms with Crippen LogP contribution in [-0.4, -0.2) is 17.4 Å². The lowest BCUT2D eigenvalue weighted by Crippen LogP contribution is -1.97. The number of allylic oxidation sites excluding steroid dienone is 1. The molecule has 0 unspecified atom stereocenters. The van der Waals surface area contributed by atoms with Gasteiger partial charge in [-0.2, -0.15) is 0 Å². The molecule has 0 fully saturated rings. The summed E-state index contributed by atoms with van der Waals surface area (Å²) in [5.41, 5.74) is 1.05. The Morgan fingerprint density at radius 1 is 1.62 bits per heavy atom. The fraction of sp³-hybridized carbons (Fsp3) is 0.111. The van der Waals surface area contributed by atoms with E-state index in [0.717, 1.165) is 11.6 Å². The molecule has 0 saturated heterocycles. The number of carbonyl (C=O) groups is 2. The van der Waals surface area contributed by atoms with Crippen molar-refractivity contribution in [2.45, 2.75) is 6.92 Å². The predicted molar refractivity (Wildman–Crippen MR) is 50.7 cm³/mol. The third-order valence-electron chi connectivity index (χ3n) is 1.46. The number of hydrogen-bond acceptors (Lipinski definition) is 3. The summed E-state index contributed by atoms with van der Waals surface area (Å²) < 4.78 is 0. The molecule has 0 atom stereocenters. The highest BCUT2D eigenvalue weighted by molar-refractivity contribution is 7.11. The van der Waals surface area contributed by atoms with E-state index in [1.807, 2.05) is 12.3 Å². The van der Waals surface area contributed by atoms with Gasteiger partial charge < -0.3 is 5.11 Å². The van der Waals surface area contributed by atoms with E-state index in [-0.39, 0.29) is 5.57 Å². The lowest BCUT2D eigenvalue weighted by Gasteiger charge is -1.94. The van der Waals surface area contributed by atoms with E-state index in [9.17, 15) is 9.59 Å². The summed E-state index contributed by atoms with van der Waals surface area (Å²) in [4.78, 5) is 21.5. The van der Waals surface area contributed by atoms with E-state index in [1.54, 1.807) is 6.07 Å². The molecule has 1 aromatic rings. The number of aryl methyl sites for hydroxylation is 1. The van der Waals surface area contributed by atoms with Gasteiger partial charge in [0.1, 0.15) is 6.29 Å². The molecule has 0 spiro atoms. The van der Waals surface area contributed by atoms with E-state index in [0.29, 0.717) is 11.2 Å². The second-order valence-electron chi connectivity index (χ2n) is 2.51. The van der Waals surface area contributed by atoms with Crippen LogP contribution >= 0.6 is 11.3 Å². The summed E-state index contributed by atoms with van der Waals surface area (Å²) in [6, 6.07) is 1.74. The molecule has 0 aliphatic heterocycles. The van der Waals surface area contributed by atoms with Crippen molar-refractivity contribution in [3.63, 3.8) is 0 Å². The van der Waals surface area contributed by atoms with E-state index in [4.69, 9.17) is 5.11 Å². The van der Waals surface area contributed by atoms with Gasteiger partial charge in [-0.3, -0.25) is 4.79 Å². The molecule has 0 radical (unpaired) electrons. The predicted octanol–water partition coefficient (Wildman–Crippen LogP) is 1.72. The molecule has 68 valence electrons. The average molecular weight is 196 g/mol. The number of aliphatic carboxylic acids is 1. The molecule has 3 nitrogen and oxygen atoms in total. The first-order valence-corrected chi connectivity index (χ1v) is 4.47. The Morgan fingerprint density at radius 3 is 2.69 bits per heavy atom. The molecule has 1 N–H and O–H groups in total. The highest BCUT2D eigenvalue weighted by Crippen LogP contribution is 2.22. The molecular formula is C9H8O3S. The molecule has 4 heteroatoms. The maximum atomic E-state index is 10.7. The van der Waals surface area contributed by atoms with Crippen LogP contribution in [0.5, 0.6) is 0 Å². The number of carbonyl (C=O) groups excluding carboxylic acids is 1. The van der Waals surface area contributed by atoms with Crippen molar-refractivity contribution in [2.24, 2.45) is 0 Å². The van der Waals surface area contributed by atoms with E-state index < -0.39 is 5.97 Å². The Morgan fingerprint density at radius 2 is 2.31 bits per heavy atom. The van der Waals surface area contributed by atoms with Crippen LogP contribution in [-0.2, 0) is 9.59 Å². The lowest BCUT2D eigenvalue weighted by molar-refractivity contribution is -0.130. The largest absolute Gasteiger partial charge is 0.478 e. The summed E-state index contributed by atoms with van der Waals surface area (Å²) in [6.07, 6.45) is 1.55. The number of hydrogen-bond donors (Lipinski definition) is 1. The monoisotopic (exact) mass is 196 g/mol. The van der Waals surface area contributed by atoms with E-state index in [1.165, 1.54) is 11.3 Å². The van der Waals surface area contributed by atoms with Crippen molar-refractivity contribution in [1.29, 1.82) is 0 Å². The molecule has 0 aliphatic rings. The van der Waals surface area contributed by atoms with Crippen molar-refractivity contribution in [2.75, 3.05) is 0 Å². The number of aldehydes is 1. The molecule has 1 aromatic heterocycles. The van der Waals surface area contributed by atoms with Crippen LogP contribution < -0.4 is 0 Å². The topological polar surface area (TPSA) is 54.4 Å². The Balaban J connectivity index is 3.09. The maximum Gasteiger partial charge on any atom is 0.337 e. The van der Waals surface area contributed by atoms with Crippen molar-refractivity contribution in [3.8, 4) is 0 Å². The minimum Gasteiger partial charge on any atom is -0.478 e. The highest BCUT2D eigenvalue weighted by atomic mass is 32.1. The third kappa shape index (κ3) is 2.26. The molecule has 1 heterocycles. The zero-order chi connectivity index (χ0) is 9.84. The van der Waals surface area contributed by atoms with Gasteiger partial charge in [0.05, 0.1) is 5.57 Å². The minimum absolute atomic E-state index is 0.0492. The lowest BCUT2D eigenvalue weighted by atomic mass is 10.2. The van der Waals surface area contributed by atoms with Crippen LogP contribution in [0.15, 0.2) is 17.5 Å². The Bertz CT molecular complexity index is 363. The second kappa shape index (κ2) is 4.00. The van der Waals surface area contributed by atoms with Gasteiger partial charge in [0.15, 0.2) is 0 Å². The summed E-state index contributed by atoms with van der Waals surface area (Å²) in [6.45, 7) is 1.88. The zero-order valence-corrected chi connectivity index (χ0v) is 7.80. The van der Waals surface area contributed by atoms with Gasteiger partial charge in [0, 0.05) is 4.88 Å². The highest BCUT2D eigenvalue weighted by Gasteiger charge is 2.11. The zero-order valence-electron chi connectivity index (χ0n) is 6.98. The minimum atomic E-state index is -1.08. The number of carboxylic acid groups (broad SMARTS) is 1. The Hall–Kier alpha value is -1.42. The SMILES string of the molecule is Cc1csc(C(=CC=O)C(=O)O)c1. The van der Waals surface area contributed by atoms with Crippen LogP contribution in [0.25, 0.3) is 5.57 Å². The van der Waals surface area contributed by atoms with Crippen LogP contribution in [0.3, 0.4) is 0 Å². The summed E-state index contributed by atoms with van der Waals surface area (Å²) in [7, 11) is 0. The molecule has 0 amide bonds. The van der Waals surface area contributed by atoms with Gasteiger partial charge in [-0.25, -0.2) is 4.79 Å². The van der Waals surface area contributed by atoms with Gasteiger partial charge >= 0.3 is 5.97 Å². The molecule has 0 aliphatic carbocycles. The molecular weight excluding hydrogens is 188 g/mol.